The molecule has 8 heteroatoms. The Morgan fingerprint density at radius 2 is 1.55 bits per heavy atom. The van der Waals surface area contributed by atoms with Gasteiger partial charge >= 0.3 is 6.18 Å². The van der Waals surface area contributed by atoms with E-state index in [-0.39, 0.29) is 5.75 Å². The fourth-order valence-electron chi connectivity index (χ4n) is 4.43. The molecule has 3 aromatic carbocycles. The fourth-order valence-corrected chi connectivity index (χ4v) is 4.43. The minimum Gasteiger partial charge on any atom is -0.493 e. The van der Waals surface area contributed by atoms with Crippen LogP contribution >= 0.6 is 0 Å². The van der Waals surface area contributed by atoms with Gasteiger partial charge < -0.3 is 19.3 Å². The smallest absolute Gasteiger partial charge is 0.416 e. The zero-order valence-corrected chi connectivity index (χ0v) is 23.7. The van der Waals surface area contributed by atoms with Crippen LogP contribution in [0.15, 0.2) is 71.7 Å². The highest BCUT2D eigenvalue weighted by Crippen LogP contribution is 2.35. The molecule has 0 aliphatic heterocycles. The number of rotatable bonds is 16. The molecule has 5 nitrogen and oxygen atoms in total. The molecule has 0 heterocycles. The Morgan fingerprint density at radius 1 is 0.825 bits per heavy atom. The topological polar surface area (TPSA) is 37.3 Å². The van der Waals surface area contributed by atoms with Gasteiger partial charge in [0.1, 0.15) is 17.2 Å². The molecular formula is C32H40F3N3O2. The maximum Gasteiger partial charge on any atom is 0.416 e. The Bertz CT molecular complexity index is 1210. The molecule has 216 valence electrons. The lowest BCUT2D eigenvalue weighted by molar-refractivity contribution is -0.137. The number of benzene rings is 3. The number of halogens is 3. The Kier molecular flexibility index (Phi) is 11.9. The Balaban J connectivity index is 1.78. The summed E-state index contributed by atoms with van der Waals surface area (Å²) in [7, 11) is 0. The molecule has 0 aliphatic rings. The molecule has 40 heavy (non-hydrogen) atoms. The van der Waals surface area contributed by atoms with Crippen LogP contribution in [-0.4, -0.2) is 44.4 Å². The summed E-state index contributed by atoms with van der Waals surface area (Å²) in [5.41, 5.74) is 1.91. The molecule has 0 unspecified atom stereocenters. The molecule has 3 rings (SSSR count). The summed E-state index contributed by atoms with van der Waals surface area (Å²) in [6.45, 7) is 15.3. The summed E-state index contributed by atoms with van der Waals surface area (Å²) >= 11 is 0. The van der Waals surface area contributed by atoms with Gasteiger partial charge in [-0.05, 0) is 80.7 Å². The van der Waals surface area contributed by atoms with Crippen molar-refractivity contribution in [3.05, 3.63) is 77.9 Å². The van der Waals surface area contributed by atoms with Crippen LogP contribution in [0.1, 0.15) is 51.2 Å². The average Bonchev–Trinajstić information content (AvgIpc) is 2.95. The first kappa shape index (κ1) is 31.0. The molecule has 0 amide bonds. The van der Waals surface area contributed by atoms with Crippen LogP contribution in [0, 0.1) is 0 Å². The Hall–Kier alpha value is -3.52. The van der Waals surface area contributed by atoms with Crippen molar-refractivity contribution in [1.82, 2.24) is 4.90 Å². The molecule has 0 saturated carbocycles. The van der Waals surface area contributed by atoms with Crippen LogP contribution < -0.4 is 14.4 Å². The van der Waals surface area contributed by atoms with Crippen molar-refractivity contribution in [3.63, 3.8) is 0 Å². The number of unbranched alkanes of at least 4 members (excludes halogenated alkanes) is 1. The summed E-state index contributed by atoms with van der Waals surface area (Å²) in [5, 5.41) is 0. The molecule has 0 saturated heterocycles. The minimum atomic E-state index is -4.43. The second-order valence-corrected chi connectivity index (χ2v) is 9.59. The third-order valence-electron chi connectivity index (χ3n) is 6.69. The van der Waals surface area contributed by atoms with Crippen molar-refractivity contribution in [3.8, 4) is 17.2 Å². The molecule has 3 aromatic rings. The first-order chi connectivity index (χ1) is 19.3. The molecule has 0 atom stereocenters. The van der Waals surface area contributed by atoms with Gasteiger partial charge in [-0.2, -0.15) is 13.2 Å². The van der Waals surface area contributed by atoms with Gasteiger partial charge in [0.15, 0.2) is 0 Å². The zero-order chi connectivity index (χ0) is 29.0. The van der Waals surface area contributed by atoms with Crippen LogP contribution in [0.3, 0.4) is 0 Å². The van der Waals surface area contributed by atoms with E-state index >= 15 is 0 Å². The van der Waals surface area contributed by atoms with E-state index < -0.39 is 11.7 Å². The number of ether oxygens (including phenoxy) is 2. The summed E-state index contributed by atoms with van der Waals surface area (Å²) in [6, 6.07) is 18.2. The summed E-state index contributed by atoms with van der Waals surface area (Å²) < 4.78 is 51.3. The van der Waals surface area contributed by atoms with E-state index in [1.165, 1.54) is 12.1 Å². The first-order valence-corrected chi connectivity index (χ1v) is 13.9. The third kappa shape index (κ3) is 9.30. The largest absolute Gasteiger partial charge is 0.493 e. The normalized spacial score (nSPS) is 11.5. The second kappa shape index (κ2) is 15.3. The Morgan fingerprint density at radius 3 is 2.23 bits per heavy atom. The predicted molar refractivity (Wildman–Crippen MR) is 157 cm³/mol. The van der Waals surface area contributed by atoms with Crippen molar-refractivity contribution < 1.29 is 22.6 Å². The van der Waals surface area contributed by atoms with Crippen LogP contribution in [0.2, 0.25) is 0 Å². The van der Waals surface area contributed by atoms with E-state index in [2.05, 4.69) is 42.3 Å². The van der Waals surface area contributed by atoms with Gasteiger partial charge in [0.05, 0.1) is 23.5 Å². The minimum absolute atomic E-state index is 0.138. The number of hydrogen-bond donors (Lipinski definition) is 0. The summed E-state index contributed by atoms with van der Waals surface area (Å²) in [5.74, 6) is 1.39. The standard InChI is InChI=1S/C32H40F3N3O2/c1-5-8-19-38(31-23-27(16-17-30(31)36-4)39-20-11-18-37(6-2)7-3)24-25-12-9-14-28(21-25)40-29-15-10-13-26(22-29)32(33,34)35/h9-10,12-17,21-23H,4-8,11,18-20,24H2,1-3H3. The lowest BCUT2D eigenvalue weighted by Crippen LogP contribution is -2.25. The number of aliphatic imine (C=N–C) groups is 1. The molecule has 0 N–H and O–H groups in total. The van der Waals surface area contributed by atoms with Gasteiger partial charge in [-0.25, -0.2) is 0 Å². The van der Waals surface area contributed by atoms with Crippen LogP contribution in [0.25, 0.3) is 0 Å². The van der Waals surface area contributed by atoms with Gasteiger partial charge in [0.2, 0.25) is 0 Å². The highest BCUT2D eigenvalue weighted by molar-refractivity contribution is 5.71. The lowest BCUT2D eigenvalue weighted by atomic mass is 10.1. The van der Waals surface area contributed by atoms with Crippen LogP contribution in [0.5, 0.6) is 17.2 Å². The molecule has 0 fully saturated rings. The highest BCUT2D eigenvalue weighted by atomic mass is 19.4. The van der Waals surface area contributed by atoms with Crippen LogP contribution in [0.4, 0.5) is 24.5 Å². The lowest BCUT2D eigenvalue weighted by Gasteiger charge is -2.27. The molecule has 0 spiro atoms. The molecule has 0 aromatic heterocycles. The SMILES string of the molecule is C=Nc1ccc(OCCCN(CC)CC)cc1N(CCCC)Cc1cccc(Oc2cccc(C(F)(F)F)c2)c1. The van der Waals surface area contributed by atoms with Gasteiger partial charge in [-0.15, -0.1) is 0 Å². The molecule has 0 radical (unpaired) electrons. The van der Waals surface area contributed by atoms with Crippen molar-refractivity contribution in [2.45, 2.75) is 52.8 Å². The van der Waals surface area contributed by atoms with Crippen LogP contribution in [-0.2, 0) is 12.7 Å². The maximum atomic E-state index is 13.1. The van der Waals surface area contributed by atoms with Gasteiger partial charge in [-0.3, -0.25) is 4.99 Å². The van der Waals surface area contributed by atoms with Crippen molar-refractivity contribution in [2.75, 3.05) is 37.7 Å². The van der Waals surface area contributed by atoms with E-state index in [9.17, 15) is 13.2 Å². The zero-order valence-electron chi connectivity index (χ0n) is 23.7. The second-order valence-electron chi connectivity index (χ2n) is 9.59. The summed E-state index contributed by atoms with van der Waals surface area (Å²) in [4.78, 5) is 8.86. The number of alkyl halides is 3. The maximum absolute atomic E-state index is 13.1. The van der Waals surface area contributed by atoms with E-state index in [1.54, 1.807) is 6.07 Å². The predicted octanol–water partition coefficient (Wildman–Crippen LogP) is 8.75. The van der Waals surface area contributed by atoms with E-state index in [1.807, 2.05) is 36.4 Å². The highest BCUT2D eigenvalue weighted by Gasteiger charge is 2.30. The quantitative estimate of drug-likeness (QED) is 0.131. The molecule has 0 aliphatic carbocycles. The number of hydrogen-bond acceptors (Lipinski definition) is 5. The Labute approximate surface area is 236 Å². The van der Waals surface area contributed by atoms with Crippen molar-refractivity contribution in [1.29, 1.82) is 0 Å². The van der Waals surface area contributed by atoms with E-state index in [0.29, 0.717) is 18.9 Å². The average molecular weight is 556 g/mol. The van der Waals surface area contributed by atoms with Gasteiger partial charge in [0.25, 0.3) is 0 Å². The van der Waals surface area contributed by atoms with Gasteiger partial charge in [-0.1, -0.05) is 45.4 Å². The molecular weight excluding hydrogens is 515 g/mol. The van der Waals surface area contributed by atoms with E-state index in [0.717, 1.165) is 80.3 Å². The van der Waals surface area contributed by atoms with E-state index in [4.69, 9.17) is 9.47 Å². The third-order valence-corrected chi connectivity index (χ3v) is 6.69. The first-order valence-electron chi connectivity index (χ1n) is 13.9. The van der Waals surface area contributed by atoms with Crippen molar-refractivity contribution in [2.24, 2.45) is 4.99 Å². The fraction of sp³-hybridized carbons (Fsp3) is 0.406. The summed E-state index contributed by atoms with van der Waals surface area (Å²) in [6.07, 6.45) is -1.49. The van der Waals surface area contributed by atoms with Crippen molar-refractivity contribution >= 4 is 18.1 Å². The van der Waals surface area contributed by atoms with Gasteiger partial charge in [0, 0.05) is 25.7 Å². The number of nitrogens with zero attached hydrogens (tertiary/aromatic N) is 3. The monoisotopic (exact) mass is 555 g/mol. The number of anilines is 1. The molecule has 0 bridgehead atoms.